The first-order valence-electron chi connectivity index (χ1n) is 6.01. The van der Waals surface area contributed by atoms with Crippen LogP contribution in [0.25, 0.3) is 10.4 Å². The fourth-order valence-electron chi connectivity index (χ4n) is 1.92. The molecule has 1 fully saturated rings. The number of ether oxygens (including phenoxy) is 4. The molecule has 0 aromatic rings. The quantitative estimate of drug-likeness (QED) is 0.321. The molecule has 112 valence electrons. The number of carbonyl (C=O) groups is 2. The molecule has 0 bridgehead atoms. The van der Waals surface area contributed by atoms with Gasteiger partial charge in [-0.3, -0.25) is 9.59 Å². The highest BCUT2D eigenvalue weighted by molar-refractivity contribution is 5.66. The van der Waals surface area contributed by atoms with Crippen LogP contribution in [0.2, 0.25) is 0 Å². The van der Waals surface area contributed by atoms with E-state index in [1.165, 1.54) is 21.0 Å². The lowest BCUT2D eigenvalue weighted by Gasteiger charge is -2.38. The number of carbonyl (C=O) groups excluding carboxylic acids is 2. The van der Waals surface area contributed by atoms with Gasteiger partial charge >= 0.3 is 11.9 Å². The van der Waals surface area contributed by atoms with Gasteiger partial charge in [-0.15, -0.1) is 0 Å². The van der Waals surface area contributed by atoms with Crippen molar-refractivity contribution in [2.45, 2.75) is 44.8 Å². The van der Waals surface area contributed by atoms with E-state index in [0.717, 1.165) is 0 Å². The second-order valence-electron chi connectivity index (χ2n) is 4.22. The highest BCUT2D eigenvalue weighted by Crippen LogP contribution is 2.26. The maximum Gasteiger partial charge on any atom is 0.303 e. The van der Waals surface area contributed by atoms with Crippen LogP contribution in [-0.2, 0) is 28.5 Å². The van der Waals surface area contributed by atoms with Gasteiger partial charge in [-0.1, -0.05) is 5.11 Å². The molecular weight excluding hydrogens is 270 g/mol. The zero-order valence-corrected chi connectivity index (χ0v) is 11.5. The third-order valence-corrected chi connectivity index (χ3v) is 2.72. The van der Waals surface area contributed by atoms with Crippen LogP contribution in [-0.4, -0.2) is 50.2 Å². The van der Waals surface area contributed by atoms with E-state index in [1.54, 1.807) is 0 Å². The number of esters is 2. The minimum atomic E-state index is -0.825. The number of azide groups is 1. The van der Waals surface area contributed by atoms with Crippen LogP contribution < -0.4 is 0 Å². The van der Waals surface area contributed by atoms with Gasteiger partial charge in [0.25, 0.3) is 0 Å². The molecule has 1 aliphatic heterocycles. The lowest BCUT2D eigenvalue weighted by molar-refractivity contribution is -0.234. The molecule has 0 spiro atoms. The molecule has 1 heterocycles. The van der Waals surface area contributed by atoms with E-state index in [1.807, 2.05) is 0 Å². The van der Waals surface area contributed by atoms with Crippen molar-refractivity contribution in [1.82, 2.24) is 0 Å². The zero-order valence-electron chi connectivity index (χ0n) is 11.5. The van der Waals surface area contributed by atoms with Gasteiger partial charge < -0.3 is 18.9 Å². The van der Waals surface area contributed by atoms with E-state index in [2.05, 4.69) is 10.0 Å². The Morgan fingerprint density at radius 3 is 2.60 bits per heavy atom. The van der Waals surface area contributed by atoms with E-state index in [4.69, 9.17) is 24.5 Å². The Kier molecular flexibility index (Phi) is 6.23. The summed E-state index contributed by atoms with van der Waals surface area (Å²) < 4.78 is 20.6. The summed E-state index contributed by atoms with van der Waals surface area (Å²) in [5.74, 6) is -1.03. The predicted molar refractivity (Wildman–Crippen MR) is 65.4 cm³/mol. The van der Waals surface area contributed by atoms with Crippen LogP contribution in [0.5, 0.6) is 0 Å². The normalized spacial score (nSPS) is 29.1. The lowest BCUT2D eigenvalue weighted by Crippen LogP contribution is -2.52. The Labute approximate surface area is 115 Å². The summed E-state index contributed by atoms with van der Waals surface area (Å²) in [6.07, 6.45) is -1.96. The first kappa shape index (κ1) is 16.2. The van der Waals surface area contributed by atoms with Gasteiger partial charge in [0.1, 0.15) is 18.8 Å². The third kappa shape index (κ3) is 4.69. The Morgan fingerprint density at radius 1 is 1.40 bits per heavy atom. The Hall–Kier alpha value is -1.83. The van der Waals surface area contributed by atoms with Gasteiger partial charge in [0.15, 0.2) is 6.29 Å². The van der Waals surface area contributed by atoms with Crippen molar-refractivity contribution >= 4 is 11.9 Å². The molecule has 0 aromatic carbocycles. The van der Waals surface area contributed by atoms with Crippen LogP contribution in [0.4, 0.5) is 0 Å². The molecule has 0 N–H and O–H groups in total. The second-order valence-corrected chi connectivity index (χ2v) is 4.22. The number of hydrogen-bond donors (Lipinski definition) is 0. The summed E-state index contributed by atoms with van der Waals surface area (Å²) in [5.41, 5.74) is 8.58. The summed E-state index contributed by atoms with van der Waals surface area (Å²) in [7, 11) is 1.44. The Bertz CT molecular complexity index is 409. The Morgan fingerprint density at radius 2 is 2.10 bits per heavy atom. The highest BCUT2D eigenvalue weighted by Gasteiger charge is 2.41. The predicted octanol–water partition coefficient (Wildman–Crippen LogP) is 0.921. The van der Waals surface area contributed by atoms with E-state index in [9.17, 15) is 9.59 Å². The number of methoxy groups -OCH3 is 1. The largest absolute Gasteiger partial charge is 0.463 e. The van der Waals surface area contributed by atoms with E-state index < -0.39 is 36.5 Å². The van der Waals surface area contributed by atoms with Gasteiger partial charge in [0.2, 0.25) is 0 Å². The molecule has 1 aliphatic rings. The van der Waals surface area contributed by atoms with Crippen LogP contribution in [0.1, 0.15) is 20.3 Å². The topological polar surface area (TPSA) is 120 Å². The van der Waals surface area contributed by atoms with E-state index in [-0.39, 0.29) is 13.0 Å². The average Bonchev–Trinajstić information content (AvgIpc) is 2.38. The maximum absolute atomic E-state index is 11.1. The van der Waals surface area contributed by atoms with Crippen molar-refractivity contribution in [2.24, 2.45) is 5.11 Å². The lowest BCUT2D eigenvalue weighted by atomic mass is 9.99. The molecule has 0 unspecified atom stereocenters. The summed E-state index contributed by atoms with van der Waals surface area (Å²) >= 11 is 0. The molecule has 1 rings (SSSR count). The maximum atomic E-state index is 11.1. The molecule has 0 saturated carbocycles. The van der Waals surface area contributed by atoms with Gasteiger partial charge in [-0.25, -0.2) is 0 Å². The van der Waals surface area contributed by atoms with Gasteiger partial charge in [0.05, 0.1) is 6.04 Å². The molecule has 0 radical (unpaired) electrons. The van der Waals surface area contributed by atoms with Crippen molar-refractivity contribution in [3.63, 3.8) is 0 Å². The average molecular weight is 287 g/mol. The third-order valence-electron chi connectivity index (χ3n) is 2.72. The first-order chi connectivity index (χ1) is 9.47. The zero-order chi connectivity index (χ0) is 15.1. The minimum Gasteiger partial charge on any atom is -0.463 e. The number of nitrogens with zero attached hydrogens (tertiary/aromatic N) is 3. The summed E-state index contributed by atoms with van der Waals surface area (Å²) in [6.45, 7) is 2.37. The van der Waals surface area contributed by atoms with Crippen molar-refractivity contribution < 1.29 is 28.5 Å². The van der Waals surface area contributed by atoms with Gasteiger partial charge in [0, 0.05) is 32.3 Å². The highest BCUT2D eigenvalue weighted by atomic mass is 16.7. The molecule has 0 amide bonds. The molecule has 9 nitrogen and oxygen atoms in total. The summed E-state index contributed by atoms with van der Waals surface area (Å²) in [6, 6.07) is -0.650. The monoisotopic (exact) mass is 287 g/mol. The van der Waals surface area contributed by atoms with Gasteiger partial charge in [-0.2, -0.15) is 0 Å². The van der Waals surface area contributed by atoms with Crippen molar-refractivity contribution in [3.05, 3.63) is 10.4 Å². The Balaban J connectivity index is 2.88. The summed E-state index contributed by atoms with van der Waals surface area (Å²) in [5, 5.41) is 3.60. The number of hydrogen-bond acceptors (Lipinski definition) is 7. The second kappa shape index (κ2) is 7.68. The standard InChI is InChI=1S/C11H17N3O6/c1-6(15)18-5-9-11(19-7(2)16)8(13-14-12)4-10(17-3)20-9/h8-11H,4-5H2,1-3H3/t8-,9-,10+,11-/m1/s1. The first-order valence-corrected chi connectivity index (χ1v) is 6.01. The van der Waals surface area contributed by atoms with Crippen molar-refractivity contribution in [1.29, 1.82) is 0 Å². The smallest absolute Gasteiger partial charge is 0.303 e. The van der Waals surface area contributed by atoms with Crippen molar-refractivity contribution in [3.8, 4) is 0 Å². The van der Waals surface area contributed by atoms with E-state index >= 15 is 0 Å². The van der Waals surface area contributed by atoms with Crippen LogP contribution in [0.3, 0.4) is 0 Å². The molecule has 0 aliphatic carbocycles. The molecule has 1 saturated heterocycles. The molecular formula is C11H17N3O6. The fourth-order valence-corrected chi connectivity index (χ4v) is 1.92. The molecule has 0 aromatic heterocycles. The summed E-state index contributed by atoms with van der Waals surface area (Å²) in [4.78, 5) is 24.7. The van der Waals surface area contributed by atoms with E-state index in [0.29, 0.717) is 0 Å². The van der Waals surface area contributed by atoms with Crippen LogP contribution in [0, 0.1) is 0 Å². The van der Waals surface area contributed by atoms with Crippen LogP contribution >= 0.6 is 0 Å². The number of rotatable bonds is 5. The minimum absolute atomic E-state index is 0.120. The van der Waals surface area contributed by atoms with Crippen LogP contribution in [0.15, 0.2) is 5.11 Å². The molecule has 4 atom stereocenters. The van der Waals surface area contributed by atoms with Gasteiger partial charge in [-0.05, 0) is 5.53 Å². The SMILES string of the molecule is CO[C@@H]1C[C@@H](N=[N+]=[N-])[C@@H](OC(C)=O)[C@@H](COC(C)=O)O1. The molecule has 20 heavy (non-hydrogen) atoms. The molecule has 9 heteroatoms. The fraction of sp³-hybridized carbons (Fsp3) is 0.818. The van der Waals surface area contributed by atoms with Crippen molar-refractivity contribution in [2.75, 3.05) is 13.7 Å².